The van der Waals surface area contributed by atoms with Gasteiger partial charge in [-0.25, -0.2) is 15.0 Å². The van der Waals surface area contributed by atoms with Crippen molar-refractivity contribution in [2.75, 3.05) is 37.6 Å². The van der Waals surface area contributed by atoms with E-state index in [2.05, 4.69) is 18.7 Å². The van der Waals surface area contributed by atoms with Gasteiger partial charge < -0.3 is 9.80 Å². The number of nitrogens with zero attached hydrogens (tertiary/aromatic N) is 4. The summed E-state index contributed by atoms with van der Waals surface area (Å²) in [7, 11) is 0. The van der Waals surface area contributed by atoms with Crippen molar-refractivity contribution in [2.24, 2.45) is 0 Å². The van der Waals surface area contributed by atoms with Crippen LogP contribution in [-0.4, -0.2) is 47.7 Å². The fourth-order valence-corrected chi connectivity index (χ4v) is 6.02. The van der Waals surface area contributed by atoms with Gasteiger partial charge in [0.1, 0.15) is 11.2 Å². The first-order valence-corrected chi connectivity index (χ1v) is 11.3. The van der Waals surface area contributed by atoms with Gasteiger partial charge in [0, 0.05) is 11.1 Å². The summed E-state index contributed by atoms with van der Waals surface area (Å²) in [5, 5.41) is 1.32. The Labute approximate surface area is 164 Å². The number of quaternary nitrogens is 1. The van der Waals surface area contributed by atoms with Crippen LogP contribution in [0.5, 0.6) is 0 Å². The van der Waals surface area contributed by atoms with Gasteiger partial charge in [-0.2, -0.15) is 0 Å². The number of aryl methyl sites for hydroxylation is 2. The normalized spacial score (nSPS) is 17.9. The molecule has 2 aliphatic rings. The average molecular weight is 383 g/mol. The maximum absolute atomic E-state index is 5.11. The summed E-state index contributed by atoms with van der Waals surface area (Å²) in [4.78, 5) is 19.9. The summed E-state index contributed by atoms with van der Waals surface area (Å²) >= 11 is 1.81. The standard InChI is InChI=1S/C21H27N5S/c1-3-6-16-14-7-5-8-15(14)17-18-19(27-21(17)24-16)20(23-13-22-18)26-11-9-25(4-2)10-12-26/h13H,3-12H2,1-2H3/p+1. The molecule has 0 saturated carbocycles. The van der Waals surface area contributed by atoms with E-state index in [1.165, 1.54) is 70.6 Å². The van der Waals surface area contributed by atoms with E-state index >= 15 is 0 Å². The van der Waals surface area contributed by atoms with Gasteiger partial charge in [-0.15, -0.1) is 11.3 Å². The third-order valence-corrected chi connectivity index (χ3v) is 7.36. The van der Waals surface area contributed by atoms with Crippen molar-refractivity contribution in [1.29, 1.82) is 0 Å². The van der Waals surface area contributed by atoms with Gasteiger partial charge in [0.15, 0.2) is 5.82 Å². The number of aromatic nitrogens is 3. The SMILES string of the molecule is CCCc1nc2sc3c(N4CC[NH+](CC)CC4)ncnc3c2c2c1CCC2. The molecule has 1 N–H and O–H groups in total. The number of piperazine rings is 1. The summed E-state index contributed by atoms with van der Waals surface area (Å²) in [5.74, 6) is 1.13. The zero-order valence-electron chi connectivity index (χ0n) is 16.3. The predicted molar refractivity (Wildman–Crippen MR) is 112 cm³/mol. The Balaban J connectivity index is 1.65. The molecule has 142 valence electrons. The third kappa shape index (κ3) is 2.81. The lowest BCUT2D eigenvalue weighted by Crippen LogP contribution is -3.14. The molecule has 0 radical (unpaired) electrons. The van der Waals surface area contributed by atoms with Crippen LogP contribution < -0.4 is 9.80 Å². The lowest BCUT2D eigenvalue weighted by molar-refractivity contribution is -0.898. The quantitative estimate of drug-likeness (QED) is 0.753. The predicted octanol–water partition coefficient (Wildman–Crippen LogP) is 2.41. The molecule has 5 nitrogen and oxygen atoms in total. The highest BCUT2D eigenvalue weighted by Crippen LogP contribution is 2.42. The van der Waals surface area contributed by atoms with Crippen molar-refractivity contribution in [3.8, 4) is 0 Å². The average Bonchev–Trinajstić information content (AvgIpc) is 3.32. The van der Waals surface area contributed by atoms with Crippen LogP contribution in [0.3, 0.4) is 0 Å². The van der Waals surface area contributed by atoms with Crippen LogP contribution in [0.1, 0.15) is 43.5 Å². The molecule has 6 heteroatoms. The van der Waals surface area contributed by atoms with E-state index in [0.717, 1.165) is 37.3 Å². The molecular weight excluding hydrogens is 354 g/mol. The van der Waals surface area contributed by atoms with Crippen LogP contribution >= 0.6 is 11.3 Å². The van der Waals surface area contributed by atoms with E-state index in [9.17, 15) is 0 Å². The first-order valence-electron chi connectivity index (χ1n) is 10.5. The highest BCUT2D eigenvalue weighted by atomic mass is 32.1. The van der Waals surface area contributed by atoms with E-state index < -0.39 is 0 Å². The smallest absolute Gasteiger partial charge is 0.150 e. The van der Waals surface area contributed by atoms with Crippen LogP contribution in [0.4, 0.5) is 5.82 Å². The van der Waals surface area contributed by atoms with Crippen LogP contribution in [0.25, 0.3) is 20.4 Å². The van der Waals surface area contributed by atoms with Crippen molar-refractivity contribution in [3.63, 3.8) is 0 Å². The number of likely N-dealkylation sites (N-methyl/N-ethyl adjacent to an activating group) is 1. The summed E-state index contributed by atoms with van der Waals surface area (Å²) < 4.78 is 1.24. The Morgan fingerprint density at radius 1 is 1.11 bits per heavy atom. The zero-order chi connectivity index (χ0) is 18.4. The Bertz CT molecular complexity index is 987. The van der Waals surface area contributed by atoms with Crippen LogP contribution in [0, 0.1) is 0 Å². The van der Waals surface area contributed by atoms with Gasteiger partial charge >= 0.3 is 0 Å². The number of pyridine rings is 1. The van der Waals surface area contributed by atoms with E-state index in [4.69, 9.17) is 15.0 Å². The summed E-state index contributed by atoms with van der Waals surface area (Å²) in [6, 6.07) is 0. The van der Waals surface area contributed by atoms with E-state index in [-0.39, 0.29) is 0 Å². The molecule has 27 heavy (non-hydrogen) atoms. The number of nitrogens with one attached hydrogen (secondary N) is 1. The second-order valence-electron chi connectivity index (χ2n) is 7.87. The fourth-order valence-electron chi connectivity index (χ4n) is 4.82. The Morgan fingerprint density at radius 3 is 2.70 bits per heavy atom. The minimum Gasteiger partial charge on any atom is -0.344 e. The fraction of sp³-hybridized carbons (Fsp3) is 0.571. The summed E-state index contributed by atoms with van der Waals surface area (Å²) in [6.45, 7) is 10.3. The van der Waals surface area contributed by atoms with E-state index in [1.807, 2.05) is 11.3 Å². The van der Waals surface area contributed by atoms with E-state index in [1.54, 1.807) is 11.2 Å². The Morgan fingerprint density at radius 2 is 1.93 bits per heavy atom. The van der Waals surface area contributed by atoms with E-state index in [0.29, 0.717) is 0 Å². The Hall–Kier alpha value is -1.79. The van der Waals surface area contributed by atoms with Gasteiger partial charge in [0.2, 0.25) is 0 Å². The first kappa shape index (κ1) is 17.3. The molecule has 0 atom stereocenters. The van der Waals surface area contributed by atoms with Crippen LogP contribution in [0.2, 0.25) is 0 Å². The number of rotatable bonds is 4. The monoisotopic (exact) mass is 382 g/mol. The Kier molecular flexibility index (Phi) is 4.48. The molecule has 1 aliphatic heterocycles. The highest BCUT2D eigenvalue weighted by molar-refractivity contribution is 7.26. The highest BCUT2D eigenvalue weighted by Gasteiger charge is 2.26. The van der Waals surface area contributed by atoms with Gasteiger partial charge in [0.25, 0.3) is 0 Å². The molecule has 0 bridgehead atoms. The van der Waals surface area contributed by atoms with Gasteiger partial charge in [0.05, 0.1) is 42.9 Å². The molecule has 0 amide bonds. The maximum atomic E-state index is 5.11. The van der Waals surface area contributed by atoms with Gasteiger partial charge in [-0.1, -0.05) is 13.3 Å². The van der Waals surface area contributed by atoms with Crippen molar-refractivity contribution < 1.29 is 4.90 Å². The van der Waals surface area contributed by atoms with Crippen LogP contribution in [0.15, 0.2) is 6.33 Å². The first-order chi connectivity index (χ1) is 13.3. The minimum atomic E-state index is 1.08. The number of thiophene rings is 1. The molecule has 1 aliphatic carbocycles. The van der Waals surface area contributed by atoms with Crippen molar-refractivity contribution >= 4 is 37.6 Å². The molecule has 4 heterocycles. The number of fused-ring (bicyclic) bond motifs is 5. The zero-order valence-corrected chi connectivity index (χ0v) is 17.2. The molecular formula is C21H28N5S+. The second-order valence-corrected chi connectivity index (χ2v) is 8.87. The van der Waals surface area contributed by atoms with Gasteiger partial charge in [-0.3, -0.25) is 0 Å². The largest absolute Gasteiger partial charge is 0.344 e. The van der Waals surface area contributed by atoms with Crippen molar-refractivity contribution in [3.05, 3.63) is 23.1 Å². The lowest BCUT2D eigenvalue weighted by atomic mass is 10.0. The minimum absolute atomic E-state index is 1.08. The van der Waals surface area contributed by atoms with Crippen LogP contribution in [-0.2, 0) is 19.3 Å². The molecule has 1 fully saturated rings. The lowest BCUT2D eigenvalue weighted by Gasteiger charge is -2.32. The summed E-state index contributed by atoms with van der Waals surface area (Å²) in [6.07, 6.45) is 7.63. The van der Waals surface area contributed by atoms with Crippen molar-refractivity contribution in [2.45, 2.75) is 46.0 Å². The topological polar surface area (TPSA) is 46.4 Å². The third-order valence-electron chi connectivity index (χ3n) is 6.30. The number of hydrogen-bond acceptors (Lipinski definition) is 5. The molecule has 3 aromatic rings. The molecule has 0 spiro atoms. The van der Waals surface area contributed by atoms with Crippen molar-refractivity contribution in [1.82, 2.24) is 15.0 Å². The molecule has 0 aromatic carbocycles. The molecule has 5 rings (SSSR count). The number of anilines is 1. The second kappa shape index (κ2) is 6.99. The molecule has 3 aromatic heterocycles. The maximum Gasteiger partial charge on any atom is 0.150 e. The molecule has 0 unspecified atom stereocenters. The van der Waals surface area contributed by atoms with Gasteiger partial charge in [-0.05, 0) is 43.7 Å². The molecule has 1 saturated heterocycles. The summed E-state index contributed by atoms with van der Waals surface area (Å²) in [5.41, 5.74) is 5.52. The number of hydrogen-bond donors (Lipinski definition) is 1.